The van der Waals surface area contributed by atoms with Crippen LogP contribution in [0.5, 0.6) is 0 Å². The number of nitrogens with one attached hydrogen (secondary N) is 4. The van der Waals surface area contributed by atoms with Crippen LogP contribution in [0.4, 0.5) is 14.5 Å². The van der Waals surface area contributed by atoms with Gasteiger partial charge in [0, 0.05) is 60.7 Å². The van der Waals surface area contributed by atoms with Crippen molar-refractivity contribution >= 4 is 71.4 Å². The van der Waals surface area contributed by atoms with Crippen molar-refractivity contribution in [3.05, 3.63) is 100 Å². The Hall–Kier alpha value is -6.54. The maximum Gasteiger partial charge on any atom is 0.268 e. The minimum atomic E-state index is -2.37. The van der Waals surface area contributed by atoms with Crippen LogP contribution in [0.15, 0.2) is 60.7 Å². The molecule has 2 saturated heterocycles. The molecule has 3 aliphatic heterocycles. The molecule has 0 spiro atoms. The summed E-state index contributed by atoms with van der Waals surface area (Å²) < 4.78 is 49.0. The number of fused-ring (bicyclic) bond motifs is 2. The van der Waals surface area contributed by atoms with Crippen molar-refractivity contribution in [1.29, 1.82) is 0 Å². The van der Waals surface area contributed by atoms with E-state index in [9.17, 15) is 47.4 Å². The number of anilines is 1. The number of hydrogen-bond acceptors (Lipinski definition) is 12. The fourth-order valence-corrected chi connectivity index (χ4v) is 7.42. The Morgan fingerprint density at radius 3 is 2.21 bits per heavy atom. The van der Waals surface area contributed by atoms with Crippen LogP contribution in [-0.4, -0.2) is 134 Å². The molecule has 7 rings (SSSR count). The van der Waals surface area contributed by atoms with Gasteiger partial charge in [-0.05, 0) is 66.6 Å². The summed E-state index contributed by atoms with van der Waals surface area (Å²) in [6, 6.07) is 12.9. The third kappa shape index (κ3) is 11.5. The van der Waals surface area contributed by atoms with E-state index in [-0.39, 0.29) is 101 Å². The number of carbonyl (C=O) groups is 7. The van der Waals surface area contributed by atoms with Crippen LogP contribution in [0, 0.1) is 23.5 Å². The number of benzene rings is 3. The van der Waals surface area contributed by atoms with Crippen molar-refractivity contribution in [2.45, 2.75) is 37.5 Å². The number of hydrogen-bond donors (Lipinski definition) is 5. The van der Waals surface area contributed by atoms with E-state index in [2.05, 4.69) is 32.8 Å². The van der Waals surface area contributed by atoms with Gasteiger partial charge in [-0.25, -0.2) is 8.78 Å². The average molecular weight is 933 g/mol. The lowest BCUT2D eigenvalue weighted by molar-refractivity contribution is -0.149. The molecule has 5 N–H and O–H groups in total. The molecule has 0 aliphatic carbocycles. The lowest BCUT2D eigenvalue weighted by atomic mass is 10.0. The van der Waals surface area contributed by atoms with E-state index in [1.807, 2.05) is 0 Å². The number of H-pyrrole nitrogens is 1. The van der Waals surface area contributed by atoms with Crippen LogP contribution in [0.1, 0.15) is 61.6 Å². The summed E-state index contributed by atoms with van der Waals surface area (Å²) in [5, 5.41) is 18.9. The molecular formula is C45H46F2N6O12S. The minimum absolute atomic E-state index is 0. The van der Waals surface area contributed by atoms with Crippen LogP contribution < -0.4 is 20.9 Å². The molecule has 18 nitrogen and oxygen atoms in total. The van der Waals surface area contributed by atoms with Crippen LogP contribution in [-0.2, 0) is 44.7 Å². The van der Waals surface area contributed by atoms with E-state index in [1.165, 1.54) is 17.0 Å². The molecule has 66 heavy (non-hydrogen) atoms. The monoisotopic (exact) mass is 932 g/mol. The van der Waals surface area contributed by atoms with Gasteiger partial charge in [0.25, 0.3) is 29.5 Å². The van der Waals surface area contributed by atoms with Gasteiger partial charge in [0.1, 0.15) is 30.0 Å². The zero-order chi connectivity index (χ0) is 46.1. The number of amides is 7. The lowest BCUT2D eigenvalue weighted by Crippen LogP contribution is -2.54. The Kier molecular flexibility index (Phi) is 16.4. The number of ether oxygens (including phenoxy) is 4. The van der Waals surface area contributed by atoms with E-state index < -0.39 is 58.7 Å². The van der Waals surface area contributed by atoms with Gasteiger partial charge >= 0.3 is 0 Å². The highest BCUT2D eigenvalue weighted by Gasteiger charge is 2.52. The first-order chi connectivity index (χ1) is 31.3. The topological polar surface area (TPSA) is 235 Å². The van der Waals surface area contributed by atoms with Crippen molar-refractivity contribution in [2.75, 3.05) is 70.8 Å². The molecule has 4 heterocycles. The SMILES string of the molecule is O=C1CCC(N2C(=O)c3ccc(C#CCOCCOCCOCCOCCNC(=O)c4cc5cc(N6CC[C@](O)(C(=O)NCc7cc(F)cc(F)c7)C6=O)ccc5[nH]4)cc3C2=O)C(=O)N1.S. The van der Waals surface area contributed by atoms with E-state index >= 15 is 0 Å². The highest BCUT2D eigenvalue weighted by Crippen LogP contribution is 2.32. The van der Waals surface area contributed by atoms with Gasteiger partial charge in [-0.15, -0.1) is 0 Å². The maximum absolute atomic E-state index is 13.5. The van der Waals surface area contributed by atoms with Crippen LogP contribution >= 0.6 is 13.5 Å². The molecular weight excluding hydrogens is 887 g/mol. The van der Waals surface area contributed by atoms with E-state index in [4.69, 9.17) is 18.9 Å². The van der Waals surface area contributed by atoms with Gasteiger partial charge in [0.05, 0.1) is 57.4 Å². The average Bonchev–Trinajstić information content (AvgIpc) is 3.92. The zero-order valence-electron chi connectivity index (χ0n) is 35.3. The summed E-state index contributed by atoms with van der Waals surface area (Å²) in [5.74, 6) is -0.428. The van der Waals surface area contributed by atoms with Gasteiger partial charge in [0.2, 0.25) is 17.4 Å². The molecule has 0 saturated carbocycles. The molecule has 0 radical (unpaired) electrons. The number of halogens is 2. The largest absolute Gasteiger partial charge is 0.377 e. The summed E-state index contributed by atoms with van der Waals surface area (Å²) >= 11 is 0. The van der Waals surface area contributed by atoms with Gasteiger partial charge < -0.3 is 44.6 Å². The molecule has 2 atom stereocenters. The minimum Gasteiger partial charge on any atom is -0.377 e. The molecule has 0 bridgehead atoms. The van der Waals surface area contributed by atoms with Crippen molar-refractivity contribution < 1.29 is 66.4 Å². The highest BCUT2D eigenvalue weighted by molar-refractivity contribution is 7.59. The normalized spacial score (nSPS) is 17.9. The number of aromatic nitrogens is 1. The third-order valence-electron chi connectivity index (χ3n) is 10.7. The van der Waals surface area contributed by atoms with Crippen molar-refractivity contribution in [2.24, 2.45) is 0 Å². The highest BCUT2D eigenvalue weighted by atomic mass is 32.1. The quantitative estimate of drug-likeness (QED) is 0.0391. The number of piperidine rings is 1. The number of nitrogens with zero attached hydrogens (tertiary/aromatic N) is 2. The molecule has 7 amide bonds. The van der Waals surface area contributed by atoms with Gasteiger partial charge in [-0.1, -0.05) is 11.8 Å². The summed E-state index contributed by atoms with van der Waals surface area (Å²) in [4.78, 5) is 93.6. The van der Waals surface area contributed by atoms with Gasteiger partial charge in [0.15, 0.2) is 0 Å². The Bertz CT molecular complexity index is 2580. The zero-order valence-corrected chi connectivity index (χ0v) is 36.3. The number of imide groups is 2. The van der Waals surface area contributed by atoms with Gasteiger partial charge in [-0.2, -0.15) is 13.5 Å². The van der Waals surface area contributed by atoms with E-state index in [0.29, 0.717) is 61.3 Å². The number of aromatic amines is 1. The lowest BCUT2D eigenvalue weighted by Gasteiger charge is -2.27. The van der Waals surface area contributed by atoms with Crippen molar-refractivity contribution in [1.82, 2.24) is 25.8 Å². The third-order valence-corrected chi connectivity index (χ3v) is 10.7. The molecule has 21 heteroatoms. The van der Waals surface area contributed by atoms with Crippen molar-refractivity contribution in [3.8, 4) is 11.8 Å². The van der Waals surface area contributed by atoms with E-state index in [0.717, 1.165) is 17.0 Å². The summed E-state index contributed by atoms with van der Waals surface area (Å²) in [6.45, 7) is 2.13. The summed E-state index contributed by atoms with van der Waals surface area (Å²) in [5.41, 5.74) is -0.134. The second-order valence-corrected chi connectivity index (χ2v) is 15.1. The molecule has 3 aromatic carbocycles. The smallest absolute Gasteiger partial charge is 0.268 e. The van der Waals surface area contributed by atoms with Gasteiger partial charge in [-0.3, -0.25) is 43.8 Å². The van der Waals surface area contributed by atoms with Crippen LogP contribution in [0.3, 0.4) is 0 Å². The fraction of sp³-hybridized carbons (Fsp3) is 0.356. The Labute approximate surface area is 383 Å². The predicted molar refractivity (Wildman–Crippen MR) is 234 cm³/mol. The first-order valence-electron chi connectivity index (χ1n) is 20.7. The molecule has 3 aliphatic rings. The van der Waals surface area contributed by atoms with Crippen LogP contribution in [0.25, 0.3) is 10.9 Å². The molecule has 1 unspecified atom stereocenters. The maximum atomic E-state index is 13.5. The first-order valence-corrected chi connectivity index (χ1v) is 20.7. The Balaban J connectivity index is 0.00000720. The second-order valence-electron chi connectivity index (χ2n) is 15.1. The number of carbonyl (C=O) groups excluding carboxylic acids is 7. The Morgan fingerprint density at radius 2 is 1.50 bits per heavy atom. The van der Waals surface area contributed by atoms with E-state index in [1.54, 1.807) is 30.3 Å². The second kappa shape index (κ2) is 22.1. The molecule has 2 fully saturated rings. The first kappa shape index (κ1) is 48.9. The van der Waals surface area contributed by atoms with Crippen molar-refractivity contribution in [3.63, 3.8) is 0 Å². The molecule has 1 aromatic heterocycles. The van der Waals surface area contributed by atoms with Crippen LogP contribution in [0.2, 0.25) is 0 Å². The molecule has 4 aromatic rings. The summed E-state index contributed by atoms with van der Waals surface area (Å²) in [7, 11) is 0. The summed E-state index contributed by atoms with van der Waals surface area (Å²) in [6.07, 6.45) is -0.0893. The standard InChI is InChI=1S/C45H44F2N6O12.H2S/c46-30-20-28(21-31(47)25-30)26-49-43(59)45(61)9-11-52(44(45)60)32-4-6-35-29(23-32)24-36(50-35)39(55)48-10-13-63-15-17-65-19-18-64-16-14-62-12-1-2-27-3-5-33-34(22-27)42(58)53(41(33)57)37-7-8-38(54)51-40(37)56;/h3-6,20-25,37,50,61H,7-19,26H2,(H,48,55)(H,49,59)(H,51,54,56);1H2/t37?,45-;/m0./s1. The molecule has 348 valence electrons. The Morgan fingerprint density at radius 1 is 0.818 bits per heavy atom. The number of rotatable bonds is 19. The number of aliphatic hydroxyl groups is 1. The predicted octanol–water partition coefficient (Wildman–Crippen LogP) is 1.59. The fourth-order valence-electron chi connectivity index (χ4n) is 7.42.